The molecular weight excluding hydrogens is 296 g/mol. The molecule has 0 heterocycles. The molecule has 0 atom stereocenters. The molecule has 0 aromatic heterocycles. The largest absolute Gasteiger partial charge is 0.399 e. The van der Waals surface area contributed by atoms with Crippen molar-refractivity contribution in [1.29, 1.82) is 15.8 Å². The SMILES string of the molecule is N#CC(C#N)=C(C#N)C1=C\C(=C/C=C2/C=C\C(N)=C/C=C\C2)C=C1. The van der Waals surface area contributed by atoms with E-state index < -0.39 is 0 Å². The van der Waals surface area contributed by atoms with Crippen LogP contribution in [0.4, 0.5) is 0 Å². The van der Waals surface area contributed by atoms with E-state index in [-0.39, 0.29) is 11.1 Å². The van der Waals surface area contributed by atoms with E-state index in [0.717, 1.165) is 17.6 Å². The second-order valence-electron chi connectivity index (χ2n) is 5.06. The van der Waals surface area contributed by atoms with Crippen LogP contribution in [-0.2, 0) is 0 Å². The molecule has 4 heteroatoms. The fourth-order valence-electron chi connectivity index (χ4n) is 2.16. The van der Waals surface area contributed by atoms with Gasteiger partial charge in [0.2, 0.25) is 0 Å². The normalized spacial score (nSPS) is 23.7. The third kappa shape index (κ3) is 4.10. The molecule has 2 aliphatic carbocycles. The van der Waals surface area contributed by atoms with Gasteiger partial charge in [-0.1, -0.05) is 42.5 Å². The predicted molar refractivity (Wildman–Crippen MR) is 92.4 cm³/mol. The van der Waals surface area contributed by atoms with Crippen LogP contribution in [0, 0.1) is 34.0 Å². The average molecular weight is 310 g/mol. The minimum absolute atomic E-state index is 0.0963. The number of nitrogens with two attached hydrogens (primary N) is 1. The fraction of sp³-hybridized carbons (Fsp3) is 0.0500. The van der Waals surface area contributed by atoms with E-state index in [2.05, 4.69) is 0 Å². The fourth-order valence-corrected chi connectivity index (χ4v) is 2.16. The average Bonchev–Trinajstić information content (AvgIpc) is 3.04. The molecular formula is C20H14N4. The molecule has 0 aliphatic heterocycles. The van der Waals surface area contributed by atoms with Crippen LogP contribution >= 0.6 is 0 Å². The van der Waals surface area contributed by atoms with Gasteiger partial charge in [0.1, 0.15) is 23.8 Å². The maximum atomic E-state index is 9.17. The highest BCUT2D eigenvalue weighted by Gasteiger charge is 2.12. The Bertz CT molecular complexity index is 892. The lowest BCUT2D eigenvalue weighted by atomic mass is 10.0. The van der Waals surface area contributed by atoms with Gasteiger partial charge in [0.05, 0.1) is 5.57 Å². The summed E-state index contributed by atoms with van der Waals surface area (Å²) >= 11 is 0. The summed E-state index contributed by atoms with van der Waals surface area (Å²) in [7, 11) is 0. The van der Waals surface area contributed by atoms with E-state index in [1.807, 2.05) is 54.7 Å². The van der Waals surface area contributed by atoms with Gasteiger partial charge >= 0.3 is 0 Å². The monoisotopic (exact) mass is 310 g/mol. The molecule has 0 saturated heterocycles. The summed E-state index contributed by atoms with van der Waals surface area (Å²) in [5, 5.41) is 27.0. The predicted octanol–water partition coefficient (Wildman–Crippen LogP) is 3.56. The van der Waals surface area contributed by atoms with Crippen LogP contribution in [0.15, 0.2) is 94.3 Å². The first-order chi connectivity index (χ1) is 11.7. The topological polar surface area (TPSA) is 97.4 Å². The van der Waals surface area contributed by atoms with Gasteiger partial charge in [-0.25, -0.2) is 0 Å². The Balaban J connectivity index is 2.28. The quantitative estimate of drug-likeness (QED) is 0.788. The van der Waals surface area contributed by atoms with E-state index in [1.165, 1.54) is 0 Å². The van der Waals surface area contributed by atoms with Crippen molar-refractivity contribution in [2.75, 3.05) is 0 Å². The zero-order valence-electron chi connectivity index (χ0n) is 12.9. The van der Waals surface area contributed by atoms with Gasteiger partial charge in [-0.05, 0) is 41.4 Å². The molecule has 0 radical (unpaired) electrons. The van der Waals surface area contributed by atoms with Crippen LogP contribution in [0.1, 0.15) is 6.42 Å². The van der Waals surface area contributed by atoms with Crippen molar-refractivity contribution >= 4 is 0 Å². The Morgan fingerprint density at radius 2 is 1.79 bits per heavy atom. The van der Waals surface area contributed by atoms with Gasteiger partial charge in [0.25, 0.3) is 0 Å². The van der Waals surface area contributed by atoms with Crippen LogP contribution in [0.2, 0.25) is 0 Å². The Labute approximate surface area is 141 Å². The van der Waals surface area contributed by atoms with Crippen molar-refractivity contribution in [3.05, 3.63) is 94.3 Å². The molecule has 0 bridgehead atoms. The highest BCUT2D eigenvalue weighted by atomic mass is 14.5. The molecule has 0 aromatic carbocycles. The third-order valence-electron chi connectivity index (χ3n) is 3.41. The van der Waals surface area contributed by atoms with Crippen molar-refractivity contribution in [3.63, 3.8) is 0 Å². The Morgan fingerprint density at radius 3 is 2.50 bits per heavy atom. The van der Waals surface area contributed by atoms with E-state index >= 15 is 0 Å². The molecule has 0 aromatic rings. The number of allylic oxidation sites excluding steroid dienone is 15. The standard InChI is InChI=1S/C20H14N4/c21-12-18(13-22)20(14-23)17-9-7-16(11-17)6-5-15-3-1-2-4-19(24)10-8-15/h1-2,4-11H,3,24H2/b2-1-,10-8-,15-5+,16-6-,19-4+. The molecule has 2 N–H and O–H groups in total. The minimum Gasteiger partial charge on any atom is -0.399 e. The minimum atomic E-state index is -0.177. The summed E-state index contributed by atoms with van der Waals surface area (Å²) in [4.78, 5) is 0. The van der Waals surface area contributed by atoms with Crippen LogP contribution in [0.3, 0.4) is 0 Å². The van der Waals surface area contributed by atoms with Gasteiger partial charge in [0, 0.05) is 5.70 Å². The smallest absolute Gasteiger partial charge is 0.148 e. The van der Waals surface area contributed by atoms with Gasteiger partial charge < -0.3 is 5.73 Å². The first-order valence-electron chi connectivity index (χ1n) is 7.24. The molecule has 0 spiro atoms. The molecule has 0 amide bonds. The first-order valence-corrected chi connectivity index (χ1v) is 7.24. The molecule has 0 fully saturated rings. The van der Waals surface area contributed by atoms with Gasteiger partial charge in [-0.3, -0.25) is 0 Å². The Hall–Kier alpha value is -3.81. The highest BCUT2D eigenvalue weighted by Crippen LogP contribution is 2.24. The summed E-state index contributed by atoms with van der Waals surface area (Å²) < 4.78 is 0. The third-order valence-corrected chi connectivity index (χ3v) is 3.41. The van der Waals surface area contributed by atoms with Crippen LogP contribution in [-0.4, -0.2) is 0 Å². The zero-order chi connectivity index (χ0) is 17.4. The number of nitrogens with zero attached hydrogens (tertiary/aromatic N) is 3. The second kappa shape index (κ2) is 7.99. The summed E-state index contributed by atoms with van der Waals surface area (Å²) in [6.45, 7) is 0. The number of hydrogen-bond donors (Lipinski definition) is 1. The highest BCUT2D eigenvalue weighted by molar-refractivity contribution is 5.64. The summed E-state index contributed by atoms with van der Waals surface area (Å²) in [6.07, 6.45) is 19.6. The van der Waals surface area contributed by atoms with E-state index in [4.69, 9.17) is 16.3 Å². The van der Waals surface area contributed by atoms with E-state index in [1.54, 1.807) is 24.3 Å². The van der Waals surface area contributed by atoms with Gasteiger partial charge in [-0.15, -0.1) is 0 Å². The summed E-state index contributed by atoms with van der Waals surface area (Å²) in [5.74, 6) is 0. The molecule has 4 nitrogen and oxygen atoms in total. The maximum absolute atomic E-state index is 9.17. The van der Waals surface area contributed by atoms with Gasteiger partial charge in [-0.2, -0.15) is 15.8 Å². The number of hydrogen-bond acceptors (Lipinski definition) is 4. The molecule has 114 valence electrons. The first kappa shape index (κ1) is 16.6. The van der Waals surface area contributed by atoms with E-state index in [0.29, 0.717) is 11.3 Å². The maximum Gasteiger partial charge on any atom is 0.148 e. The van der Waals surface area contributed by atoms with E-state index in [9.17, 15) is 5.26 Å². The second-order valence-corrected chi connectivity index (χ2v) is 5.06. The lowest BCUT2D eigenvalue weighted by Crippen LogP contribution is -1.93. The molecule has 24 heavy (non-hydrogen) atoms. The molecule has 0 saturated carbocycles. The zero-order valence-corrected chi connectivity index (χ0v) is 12.9. The number of rotatable bonds is 2. The van der Waals surface area contributed by atoms with Crippen LogP contribution in [0.25, 0.3) is 0 Å². The van der Waals surface area contributed by atoms with Crippen molar-refractivity contribution in [2.24, 2.45) is 5.73 Å². The van der Waals surface area contributed by atoms with Crippen molar-refractivity contribution in [3.8, 4) is 18.2 Å². The lowest BCUT2D eigenvalue weighted by molar-refractivity contribution is 1.26. The lowest BCUT2D eigenvalue weighted by Gasteiger charge is -2.00. The summed E-state index contributed by atoms with van der Waals surface area (Å²) in [6, 6.07) is 5.43. The van der Waals surface area contributed by atoms with Gasteiger partial charge in [0.15, 0.2) is 0 Å². The summed E-state index contributed by atoms with van der Waals surface area (Å²) in [5.41, 5.74) is 8.94. The van der Waals surface area contributed by atoms with Crippen LogP contribution < -0.4 is 5.73 Å². The van der Waals surface area contributed by atoms with Crippen LogP contribution in [0.5, 0.6) is 0 Å². The Morgan fingerprint density at radius 1 is 1.00 bits per heavy atom. The van der Waals surface area contributed by atoms with Crippen molar-refractivity contribution in [1.82, 2.24) is 0 Å². The molecule has 2 aliphatic rings. The Kier molecular flexibility index (Phi) is 5.51. The number of nitriles is 3. The molecule has 2 rings (SSSR count). The van der Waals surface area contributed by atoms with Crippen molar-refractivity contribution in [2.45, 2.75) is 6.42 Å². The molecule has 0 unspecified atom stereocenters. The van der Waals surface area contributed by atoms with Crippen molar-refractivity contribution < 1.29 is 0 Å².